The third-order valence-electron chi connectivity index (χ3n) is 4.83. The highest BCUT2D eigenvalue weighted by atomic mass is 79.9. The lowest BCUT2D eigenvalue weighted by Crippen LogP contribution is -2.17. The molecule has 0 aliphatic carbocycles. The Morgan fingerprint density at radius 3 is 2.71 bits per heavy atom. The number of hydrazone groups is 1. The topological polar surface area (TPSA) is 104 Å². The summed E-state index contributed by atoms with van der Waals surface area (Å²) in [6, 6.07) is 12.3. The predicted molar refractivity (Wildman–Crippen MR) is 132 cm³/mol. The lowest BCUT2D eigenvalue weighted by molar-refractivity contribution is 0.0955. The molecule has 1 N–H and O–H groups in total. The van der Waals surface area contributed by atoms with Crippen LogP contribution in [0.5, 0.6) is 17.4 Å². The number of aromatic nitrogens is 4. The largest absolute Gasteiger partial charge is 0.496 e. The van der Waals surface area contributed by atoms with Crippen LogP contribution in [-0.4, -0.2) is 38.8 Å². The lowest BCUT2D eigenvalue weighted by atomic mass is 10.2. The fourth-order valence-electron chi connectivity index (χ4n) is 3.26. The first-order chi connectivity index (χ1) is 16.4. The van der Waals surface area contributed by atoms with E-state index >= 15 is 0 Å². The summed E-state index contributed by atoms with van der Waals surface area (Å²) in [4.78, 5) is 25.2. The van der Waals surface area contributed by atoms with Crippen molar-refractivity contribution < 1.29 is 14.3 Å². The molecular formula is C24H23BrN6O3. The molecule has 34 heavy (non-hydrogen) atoms. The zero-order valence-corrected chi connectivity index (χ0v) is 20.5. The molecular weight excluding hydrogens is 500 g/mol. The van der Waals surface area contributed by atoms with E-state index in [1.807, 2.05) is 4.57 Å². The second kappa shape index (κ2) is 10.4. The van der Waals surface area contributed by atoms with Gasteiger partial charge in [-0.1, -0.05) is 29.8 Å². The van der Waals surface area contributed by atoms with Gasteiger partial charge in [-0.25, -0.2) is 15.4 Å². The molecule has 0 atom stereocenters. The van der Waals surface area contributed by atoms with Crippen molar-refractivity contribution in [1.29, 1.82) is 0 Å². The zero-order valence-electron chi connectivity index (χ0n) is 18.9. The van der Waals surface area contributed by atoms with Crippen LogP contribution in [0.1, 0.15) is 29.8 Å². The van der Waals surface area contributed by atoms with Gasteiger partial charge in [0.15, 0.2) is 11.2 Å². The van der Waals surface area contributed by atoms with Crippen molar-refractivity contribution in [2.45, 2.75) is 20.4 Å². The van der Waals surface area contributed by atoms with Gasteiger partial charge in [0.2, 0.25) is 0 Å². The average Bonchev–Trinajstić information content (AvgIpc) is 3.23. The molecule has 0 bridgehead atoms. The Morgan fingerprint density at radius 1 is 1.18 bits per heavy atom. The summed E-state index contributed by atoms with van der Waals surface area (Å²) < 4.78 is 14.3. The third-order valence-corrected chi connectivity index (χ3v) is 5.35. The molecule has 0 saturated carbocycles. The van der Waals surface area contributed by atoms with Gasteiger partial charge < -0.3 is 14.0 Å². The number of carbonyl (C=O) groups is 1. The normalized spacial score (nSPS) is 11.3. The van der Waals surface area contributed by atoms with E-state index in [2.05, 4.69) is 55.3 Å². The number of hydrogen-bond acceptors (Lipinski definition) is 7. The second-order valence-electron chi connectivity index (χ2n) is 7.85. The number of halogens is 1. The minimum absolute atomic E-state index is 0.313. The van der Waals surface area contributed by atoms with E-state index in [-0.39, 0.29) is 5.91 Å². The summed E-state index contributed by atoms with van der Waals surface area (Å²) in [6.07, 6.45) is 4.72. The number of hydrogen-bond donors (Lipinski definition) is 1. The van der Waals surface area contributed by atoms with E-state index in [4.69, 9.17) is 9.47 Å². The van der Waals surface area contributed by atoms with Crippen LogP contribution in [0.25, 0.3) is 11.2 Å². The number of fused-ring (bicyclic) bond motifs is 1. The van der Waals surface area contributed by atoms with Crippen molar-refractivity contribution in [2.75, 3.05) is 7.11 Å². The van der Waals surface area contributed by atoms with E-state index in [1.165, 1.54) is 12.5 Å². The van der Waals surface area contributed by atoms with E-state index < -0.39 is 0 Å². The van der Waals surface area contributed by atoms with Gasteiger partial charge >= 0.3 is 0 Å². The SMILES string of the molecule is COc1cc(Oc2ncnc3c2ncn3CC(C)C)ccc1/C=N/NC(=O)c1ccc(Br)cc1. The van der Waals surface area contributed by atoms with Gasteiger partial charge in [-0.05, 0) is 42.3 Å². The van der Waals surface area contributed by atoms with Crippen molar-refractivity contribution in [3.05, 3.63) is 70.7 Å². The van der Waals surface area contributed by atoms with Crippen molar-refractivity contribution in [3.63, 3.8) is 0 Å². The van der Waals surface area contributed by atoms with Crippen molar-refractivity contribution in [3.8, 4) is 17.4 Å². The van der Waals surface area contributed by atoms with Crippen LogP contribution < -0.4 is 14.9 Å². The Hall–Kier alpha value is -3.79. The fourth-order valence-corrected chi connectivity index (χ4v) is 3.52. The lowest BCUT2D eigenvalue weighted by Gasteiger charge is -2.10. The van der Waals surface area contributed by atoms with Gasteiger partial charge in [0.25, 0.3) is 11.8 Å². The third kappa shape index (κ3) is 5.40. The number of rotatable bonds is 8. The molecule has 4 aromatic rings. The molecule has 2 aromatic carbocycles. The Labute approximate surface area is 205 Å². The highest BCUT2D eigenvalue weighted by molar-refractivity contribution is 9.10. The van der Waals surface area contributed by atoms with Gasteiger partial charge in [-0.15, -0.1) is 0 Å². The predicted octanol–water partition coefficient (Wildman–Crippen LogP) is 4.81. The molecule has 0 radical (unpaired) electrons. The Morgan fingerprint density at radius 2 is 1.97 bits per heavy atom. The minimum atomic E-state index is -0.313. The molecule has 0 fully saturated rings. The number of ether oxygens (including phenoxy) is 2. The maximum Gasteiger partial charge on any atom is 0.271 e. The zero-order chi connectivity index (χ0) is 24.1. The summed E-state index contributed by atoms with van der Waals surface area (Å²) in [7, 11) is 1.55. The first-order valence-corrected chi connectivity index (χ1v) is 11.3. The quantitative estimate of drug-likeness (QED) is 0.263. The fraction of sp³-hybridized carbons (Fsp3) is 0.208. The van der Waals surface area contributed by atoms with Gasteiger partial charge in [-0.3, -0.25) is 4.79 Å². The smallest absolute Gasteiger partial charge is 0.271 e. The molecule has 9 nitrogen and oxygen atoms in total. The second-order valence-corrected chi connectivity index (χ2v) is 8.77. The number of benzene rings is 2. The number of nitrogens with zero attached hydrogens (tertiary/aromatic N) is 5. The Balaban J connectivity index is 1.49. The molecule has 0 spiro atoms. The van der Waals surface area contributed by atoms with Gasteiger partial charge in [0.1, 0.15) is 17.8 Å². The number of methoxy groups -OCH3 is 1. The number of carbonyl (C=O) groups excluding carboxylic acids is 1. The van der Waals surface area contributed by atoms with Crippen molar-refractivity contribution in [1.82, 2.24) is 24.9 Å². The molecule has 0 saturated heterocycles. The molecule has 0 unspecified atom stereocenters. The Bertz CT molecular complexity index is 1330. The highest BCUT2D eigenvalue weighted by Crippen LogP contribution is 2.29. The van der Waals surface area contributed by atoms with E-state index in [0.29, 0.717) is 39.9 Å². The van der Waals surface area contributed by atoms with E-state index in [9.17, 15) is 4.79 Å². The highest BCUT2D eigenvalue weighted by Gasteiger charge is 2.14. The molecule has 0 aliphatic heterocycles. The maximum atomic E-state index is 12.2. The summed E-state index contributed by atoms with van der Waals surface area (Å²) in [6.45, 7) is 5.06. The molecule has 0 aliphatic rings. The first-order valence-electron chi connectivity index (χ1n) is 10.6. The molecule has 2 aromatic heterocycles. The number of nitrogens with one attached hydrogen (secondary N) is 1. The summed E-state index contributed by atoms with van der Waals surface area (Å²) in [5, 5.41) is 4.04. The minimum Gasteiger partial charge on any atom is -0.496 e. The summed E-state index contributed by atoms with van der Waals surface area (Å²) >= 11 is 3.34. The van der Waals surface area contributed by atoms with Crippen LogP contribution in [0.4, 0.5) is 0 Å². The maximum absolute atomic E-state index is 12.2. The number of amides is 1. The van der Waals surface area contributed by atoms with Gasteiger partial charge in [-0.2, -0.15) is 10.1 Å². The Kier molecular flexibility index (Phi) is 7.17. The molecule has 2 heterocycles. The monoisotopic (exact) mass is 522 g/mol. The standard InChI is InChI=1S/C24H23BrN6O3/c1-15(2)12-31-14-28-21-22(31)26-13-27-24(21)34-19-9-6-17(20(10-19)33-3)11-29-30-23(32)16-4-7-18(25)8-5-16/h4-11,13-15H,12H2,1-3H3,(H,30,32)/b29-11+. The summed E-state index contributed by atoms with van der Waals surface area (Å²) in [5.74, 6) is 1.54. The average molecular weight is 523 g/mol. The van der Waals surface area contributed by atoms with Crippen LogP contribution in [0, 0.1) is 5.92 Å². The van der Waals surface area contributed by atoms with Gasteiger partial charge in [0, 0.05) is 28.2 Å². The van der Waals surface area contributed by atoms with Crippen LogP contribution in [-0.2, 0) is 6.54 Å². The van der Waals surface area contributed by atoms with Crippen LogP contribution in [0.15, 0.2) is 64.7 Å². The van der Waals surface area contributed by atoms with Gasteiger partial charge in [0.05, 0.1) is 19.7 Å². The van der Waals surface area contributed by atoms with Crippen LogP contribution in [0.3, 0.4) is 0 Å². The molecule has 10 heteroatoms. The number of imidazole rings is 1. The molecule has 174 valence electrons. The van der Waals surface area contributed by atoms with E-state index in [0.717, 1.165) is 16.7 Å². The molecule has 1 amide bonds. The molecule has 4 rings (SSSR count). The first kappa shape index (κ1) is 23.4. The van der Waals surface area contributed by atoms with E-state index in [1.54, 1.807) is 55.9 Å². The van der Waals surface area contributed by atoms with Crippen molar-refractivity contribution >= 4 is 39.2 Å². The van der Waals surface area contributed by atoms with Crippen molar-refractivity contribution in [2.24, 2.45) is 11.0 Å². The van der Waals surface area contributed by atoms with Crippen LogP contribution >= 0.6 is 15.9 Å². The van der Waals surface area contributed by atoms with Crippen LogP contribution in [0.2, 0.25) is 0 Å². The summed E-state index contributed by atoms with van der Waals surface area (Å²) in [5.41, 5.74) is 4.98.